The summed E-state index contributed by atoms with van der Waals surface area (Å²) < 4.78 is 0. The Morgan fingerprint density at radius 2 is 2.11 bits per heavy atom. The number of nitrogens with one attached hydrogen (secondary N) is 2. The Labute approximate surface area is 153 Å². The van der Waals surface area contributed by atoms with Gasteiger partial charge in [-0.05, 0) is 30.7 Å². The summed E-state index contributed by atoms with van der Waals surface area (Å²) in [5.41, 5.74) is 3.75. The molecule has 132 valence electrons. The van der Waals surface area contributed by atoms with Crippen LogP contribution in [-0.2, 0) is 6.54 Å². The highest BCUT2D eigenvalue weighted by Gasteiger charge is 2.12. The Morgan fingerprint density at radius 1 is 1.26 bits per heavy atom. The maximum Gasteiger partial charge on any atom is 0.270 e. The number of fused-ring (bicyclic) bond motifs is 2. The molecule has 0 fully saturated rings. The Hall–Kier alpha value is -3.99. The summed E-state index contributed by atoms with van der Waals surface area (Å²) in [4.78, 5) is 22.7. The van der Waals surface area contributed by atoms with E-state index in [-0.39, 0.29) is 5.69 Å². The van der Waals surface area contributed by atoms with Gasteiger partial charge in [-0.25, -0.2) is 9.97 Å². The Kier molecular flexibility index (Phi) is 3.90. The van der Waals surface area contributed by atoms with E-state index in [2.05, 4.69) is 26.3 Å². The van der Waals surface area contributed by atoms with Crippen LogP contribution in [0.5, 0.6) is 0 Å². The van der Waals surface area contributed by atoms with Gasteiger partial charge in [-0.2, -0.15) is 5.26 Å². The molecular weight excluding hydrogens is 344 g/mol. The monoisotopic (exact) mass is 358 g/mol. The van der Waals surface area contributed by atoms with Gasteiger partial charge in [0.05, 0.1) is 39.7 Å². The van der Waals surface area contributed by atoms with Crippen LogP contribution in [0.4, 0.5) is 11.5 Å². The van der Waals surface area contributed by atoms with Crippen LogP contribution in [-0.4, -0.2) is 19.9 Å². The number of imidazole rings is 1. The predicted molar refractivity (Wildman–Crippen MR) is 101 cm³/mol. The molecule has 0 atom stereocenters. The van der Waals surface area contributed by atoms with Crippen molar-refractivity contribution in [3.05, 3.63) is 69.5 Å². The lowest BCUT2D eigenvalue weighted by Gasteiger charge is -2.07. The van der Waals surface area contributed by atoms with E-state index < -0.39 is 4.92 Å². The maximum absolute atomic E-state index is 10.9. The summed E-state index contributed by atoms with van der Waals surface area (Å²) in [5.74, 6) is 1.26. The molecule has 0 radical (unpaired) electrons. The van der Waals surface area contributed by atoms with Crippen LogP contribution in [0.25, 0.3) is 21.9 Å². The highest BCUT2D eigenvalue weighted by atomic mass is 16.6. The summed E-state index contributed by atoms with van der Waals surface area (Å²) in [5, 5.41) is 24.0. The zero-order chi connectivity index (χ0) is 19.0. The first-order chi connectivity index (χ1) is 13.0. The molecule has 2 aromatic heterocycles. The van der Waals surface area contributed by atoms with E-state index in [1.54, 1.807) is 12.1 Å². The maximum atomic E-state index is 10.9. The second-order valence-electron chi connectivity index (χ2n) is 6.13. The van der Waals surface area contributed by atoms with Crippen molar-refractivity contribution in [2.75, 3.05) is 5.32 Å². The number of anilines is 1. The number of hydrogen-bond donors (Lipinski definition) is 2. The number of nitro groups is 1. The topological polar surface area (TPSA) is 121 Å². The first kappa shape index (κ1) is 16.5. The number of nitriles is 1. The van der Waals surface area contributed by atoms with Gasteiger partial charge in [-0.1, -0.05) is 12.1 Å². The van der Waals surface area contributed by atoms with Crippen molar-refractivity contribution >= 4 is 33.4 Å². The van der Waals surface area contributed by atoms with E-state index in [0.717, 1.165) is 22.4 Å². The molecule has 4 aromatic rings. The molecule has 0 spiro atoms. The number of nitro benzene ring substituents is 1. The number of hydrogen-bond acceptors (Lipinski definition) is 6. The van der Waals surface area contributed by atoms with Crippen molar-refractivity contribution in [3.63, 3.8) is 0 Å². The van der Waals surface area contributed by atoms with Crippen LogP contribution >= 0.6 is 0 Å². The van der Waals surface area contributed by atoms with Gasteiger partial charge in [-0.15, -0.1) is 0 Å². The molecule has 4 rings (SSSR count). The third-order valence-electron chi connectivity index (χ3n) is 4.32. The molecule has 0 amide bonds. The number of pyridine rings is 1. The molecule has 0 saturated heterocycles. The van der Waals surface area contributed by atoms with E-state index in [9.17, 15) is 15.4 Å². The van der Waals surface area contributed by atoms with Gasteiger partial charge in [0.2, 0.25) is 0 Å². The molecule has 27 heavy (non-hydrogen) atoms. The predicted octanol–water partition coefficient (Wildman–Crippen LogP) is 3.81. The lowest BCUT2D eigenvalue weighted by molar-refractivity contribution is -0.384. The molecular formula is C19H14N6O2. The number of aryl methyl sites for hydroxylation is 1. The zero-order valence-corrected chi connectivity index (χ0v) is 14.4. The molecule has 2 N–H and O–H groups in total. The average molecular weight is 358 g/mol. The lowest BCUT2D eigenvalue weighted by atomic mass is 10.1. The molecule has 0 aliphatic rings. The molecule has 8 heteroatoms. The first-order valence-corrected chi connectivity index (χ1v) is 8.22. The SMILES string of the molecule is Cc1cccc2[nH]c(CNc3cc(C#N)c4cc([N+](=O)[O-])ccc4n3)nc12. The number of non-ortho nitro benzene ring substituents is 1. The molecule has 8 nitrogen and oxygen atoms in total. The number of aromatic amines is 1. The van der Waals surface area contributed by atoms with E-state index in [4.69, 9.17) is 0 Å². The molecule has 2 aromatic carbocycles. The number of rotatable bonds is 4. The highest BCUT2D eigenvalue weighted by Crippen LogP contribution is 2.25. The minimum Gasteiger partial charge on any atom is -0.363 e. The Morgan fingerprint density at radius 3 is 2.85 bits per heavy atom. The second-order valence-corrected chi connectivity index (χ2v) is 6.13. The van der Waals surface area contributed by atoms with E-state index in [1.807, 2.05) is 25.1 Å². The second kappa shape index (κ2) is 6.38. The van der Waals surface area contributed by atoms with Crippen molar-refractivity contribution in [1.29, 1.82) is 5.26 Å². The lowest BCUT2D eigenvalue weighted by Crippen LogP contribution is -2.04. The van der Waals surface area contributed by atoms with E-state index in [0.29, 0.717) is 28.8 Å². The van der Waals surface area contributed by atoms with Gasteiger partial charge in [0, 0.05) is 17.5 Å². The van der Waals surface area contributed by atoms with Gasteiger partial charge in [-0.3, -0.25) is 10.1 Å². The summed E-state index contributed by atoms with van der Waals surface area (Å²) in [6, 6.07) is 13.9. The van der Waals surface area contributed by atoms with Gasteiger partial charge in [0.25, 0.3) is 5.69 Å². The number of aromatic nitrogens is 3. The zero-order valence-electron chi connectivity index (χ0n) is 14.4. The van der Waals surface area contributed by atoms with Gasteiger partial charge < -0.3 is 10.3 Å². The average Bonchev–Trinajstić information content (AvgIpc) is 3.09. The van der Waals surface area contributed by atoms with E-state index >= 15 is 0 Å². The molecule has 0 aliphatic carbocycles. The minimum atomic E-state index is -0.490. The highest BCUT2D eigenvalue weighted by molar-refractivity contribution is 5.88. The van der Waals surface area contributed by atoms with Crippen LogP contribution in [0.1, 0.15) is 17.0 Å². The standard InChI is InChI=1S/C19H14N6O2/c1-11-3-2-4-16-19(11)24-18(23-16)10-21-17-7-12(9-20)14-8-13(25(26)27)5-6-15(14)22-17/h2-8H,10H2,1H3,(H,21,22)(H,23,24). The number of benzene rings is 2. The molecule has 2 heterocycles. The largest absolute Gasteiger partial charge is 0.363 e. The fourth-order valence-electron chi connectivity index (χ4n) is 2.99. The molecule has 0 aliphatic heterocycles. The number of para-hydroxylation sites is 1. The summed E-state index contributed by atoms with van der Waals surface area (Å²) >= 11 is 0. The van der Waals surface area contributed by atoms with Crippen LogP contribution in [0.15, 0.2) is 42.5 Å². The van der Waals surface area contributed by atoms with Crippen LogP contribution in [0.2, 0.25) is 0 Å². The van der Waals surface area contributed by atoms with Crippen molar-refractivity contribution in [1.82, 2.24) is 15.0 Å². The number of nitrogens with zero attached hydrogens (tertiary/aromatic N) is 4. The normalized spacial score (nSPS) is 10.8. The quantitative estimate of drug-likeness (QED) is 0.423. The summed E-state index contributed by atoms with van der Waals surface area (Å²) in [7, 11) is 0. The fraction of sp³-hybridized carbons (Fsp3) is 0.105. The van der Waals surface area contributed by atoms with Crippen molar-refractivity contribution in [3.8, 4) is 6.07 Å². The molecule has 0 saturated carbocycles. The first-order valence-electron chi connectivity index (χ1n) is 8.22. The molecule has 0 bridgehead atoms. The Bertz CT molecular complexity index is 1240. The smallest absolute Gasteiger partial charge is 0.270 e. The van der Waals surface area contributed by atoms with Gasteiger partial charge in [0.15, 0.2) is 0 Å². The third kappa shape index (κ3) is 3.02. The van der Waals surface area contributed by atoms with Gasteiger partial charge >= 0.3 is 0 Å². The van der Waals surface area contributed by atoms with Crippen molar-refractivity contribution in [2.45, 2.75) is 13.5 Å². The molecule has 0 unspecified atom stereocenters. The van der Waals surface area contributed by atoms with Crippen LogP contribution < -0.4 is 5.32 Å². The van der Waals surface area contributed by atoms with E-state index in [1.165, 1.54) is 12.1 Å². The summed E-state index contributed by atoms with van der Waals surface area (Å²) in [6.07, 6.45) is 0. The third-order valence-corrected chi connectivity index (χ3v) is 4.32. The van der Waals surface area contributed by atoms with Gasteiger partial charge in [0.1, 0.15) is 11.6 Å². The fourth-order valence-corrected chi connectivity index (χ4v) is 2.99. The minimum absolute atomic E-state index is 0.0702. The van der Waals surface area contributed by atoms with Crippen molar-refractivity contribution in [2.24, 2.45) is 0 Å². The van der Waals surface area contributed by atoms with Crippen LogP contribution in [0, 0.1) is 28.4 Å². The summed E-state index contributed by atoms with van der Waals surface area (Å²) in [6.45, 7) is 2.41. The van der Waals surface area contributed by atoms with Crippen molar-refractivity contribution < 1.29 is 4.92 Å². The number of H-pyrrole nitrogens is 1. The Balaban J connectivity index is 1.65. The van der Waals surface area contributed by atoms with Crippen LogP contribution in [0.3, 0.4) is 0 Å².